The van der Waals surface area contributed by atoms with Crippen LogP contribution in [0.25, 0.3) is 0 Å². The molecule has 2 aromatic rings. The molecular weight excluding hydrogens is 487 g/mol. The molecule has 0 bridgehead atoms. The number of thiophene rings is 1. The van der Waals surface area contributed by atoms with E-state index in [2.05, 4.69) is 33.2 Å². The van der Waals surface area contributed by atoms with E-state index < -0.39 is 17.4 Å². The van der Waals surface area contributed by atoms with Gasteiger partial charge in [-0.2, -0.15) is 0 Å². The van der Waals surface area contributed by atoms with Gasteiger partial charge in [0.15, 0.2) is 0 Å². The molecule has 3 rings (SSSR count). The van der Waals surface area contributed by atoms with Gasteiger partial charge in [-0.1, -0.05) is 25.4 Å². The summed E-state index contributed by atoms with van der Waals surface area (Å²) in [4.78, 5) is 25.2. The number of hydrogen-bond donors (Lipinski definition) is 4. The van der Waals surface area contributed by atoms with E-state index in [1.807, 2.05) is 26.0 Å². The number of halogens is 2. The average molecular weight is 505 g/mol. The maximum Gasteiger partial charge on any atom is 0.261 e. The van der Waals surface area contributed by atoms with E-state index in [4.69, 9.17) is 23.1 Å². The normalized spacial score (nSPS) is 18.7. The van der Waals surface area contributed by atoms with Crippen molar-refractivity contribution in [3.8, 4) is 0 Å². The average Bonchev–Trinajstić information content (AvgIpc) is 2.90. The Labute approximate surface area is 173 Å². The van der Waals surface area contributed by atoms with Crippen LogP contribution in [0.5, 0.6) is 0 Å². The molecule has 0 saturated carbocycles. The lowest BCUT2D eigenvalue weighted by Gasteiger charge is -2.30. The number of rotatable bonds is 3. The summed E-state index contributed by atoms with van der Waals surface area (Å²) in [5, 5.41) is 6.98. The number of nitrogens with two attached hydrogens (primary N) is 2. The van der Waals surface area contributed by atoms with Gasteiger partial charge >= 0.3 is 0 Å². The first kappa shape index (κ1) is 19.4. The molecule has 1 aliphatic heterocycles. The predicted molar refractivity (Wildman–Crippen MR) is 113 cm³/mol. The molecule has 1 atom stereocenters. The van der Waals surface area contributed by atoms with Crippen LogP contribution in [0, 0.1) is 8.99 Å². The minimum atomic E-state index is -0.632. The van der Waals surface area contributed by atoms with Gasteiger partial charge in [0.05, 0.1) is 21.2 Å². The van der Waals surface area contributed by atoms with Crippen LogP contribution in [0.3, 0.4) is 0 Å². The van der Waals surface area contributed by atoms with Crippen LogP contribution in [0.2, 0.25) is 5.02 Å². The molecule has 1 aliphatic rings. The molecule has 2 amide bonds. The fraction of sp³-hybridized carbons (Fsp3) is 0.294. The number of primary amides is 1. The van der Waals surface area contributed by atoms with E-state index >= 15 is 0 Å². The summed E-state index contributed by atoms with van der Waals surface area (Å²) in [6, 6.07) is 4.98. The summed E-state index contributed by atoms with van der Waals surface area (Å²) in [6.45, 7) is 4.30. The molecule has 9 heteroatoms. The molecule has 1 unspecified atom stereocenters. The Morgan fingerprint density at radius 2 is 2.15 bits per heavy atom. The molecule has 0 spiro atoms. The van der Waals surface area contributed by atoms with Crippen molar-refractivity contribution in [3.05, 3.63) is 42.8 Å². The third-order valence-electron chi connectivity index (χ3n) is 4.43. The van der Waals surface area contributed by atoms with Crippen LogP contribution < -0.4 is 22.1 Å². The van der Waals surface area contributed by atoms with Crippen molar-refractivity contribution in [2.24, 2.45) is 16.9 Å². The quantitative estimate of drug-likeness (QED) is 0.479. The molecule has 6 N–H and O–H groups in total. The van der Waals surface area contributed by atoms with Gasteiger partial charge in [-0.3, -0.25) is 9.59 Å². The first-order valence-corrected chi connectivity index (χ1v) is 10.1. The zero-order valence-electron chi connectivity index (χ0n) is 14.2. The van der Waals surface area contributed by atoms with Crippen molar-refractivity contribution in [3.63, 3.8) is 0 Å². The summed E-state index contributed by atoms with van der Waals surface area (Å²) in [5.74, 6) is -0.886. The summed E-state index contributed by atoms with van der Waals surface area (Å²) in [6.07, 6.45) is 0. The lowest BCUT2D eigenvalue weighted by molar-refractivity contribution is 0.0945. The molecule has 2 heterocycles. The van der Waals surface area contributed by atoms with E-state index in [0.29, 0.717) is 32.7 Å². The molecule has 6 nitrogen and oxygen atoms in total. The van der Waals surface area contributed by atoms with Crippen molar-refractivity contribution in [1.82, 2.24) is 5.32 Å². The van der Waals surface area contributed by atoms with Gasteiger partial charge in [-0.15, -0.1) is 11.3 Å². The molecule has 0 aliphatic carbocycles. The second kappa shape index (κ2) is 6.99. The smallest absolute Gasteiger partial charge is 0.261 e. The number of nitrogens with one attached hydrogen (secondary N) is 2. The summed E-state index contributed by atoms with van der Waals surface area (Å²) in [7, 11) is 0. The van der Waals surface area contributed by atoms with E-state index in [9.17, 15) is 9.59 Å². The Bertz CT molecular complexity index is 912. The fourth-order valence-corrected chi connectivity index (χ4v) is 4.93. The number of benzene rings is 1. The van der Waals surface area contributed by atoms with Crippen molar-refractivity contribution in [1.29, 1.82) is 0 Å². The van der Waals surface area contributed by atoms with Gasteiger partial charge < -0.3 is 22.1 Å². The third-order valence-corrected chi connectivity index (χ3v) is 6.54. The number of carbonyl (C=O) groups is 2. The lowest BCUT2D eigenvalue weighted by atomic mass is 9.80. The molecular formula is C17H18ClIN4O2S. The van der Waals surface area contributed by atoms with E-state index in [0.717, 1.165) is 14.9 Å². The predicted octanol–water partition coefficient (Wildman–Crippen LogP) is 3.62. The Kier molecular flexibility index (Phi) is 5.22. The van der Waals surface area contributed by atoms with Gasteiger partial charge in [0.25, 0.3) is 11.8 Å². The molecule has 26 heavy (non-hydrogen) atoms. The summed E-state index contributed by atoms with van der Waals surface area (Å²) >= 11 is 9.60. The molecule has 0 radical (unpaired) electrons. The minimum Gasteiger partial charge on any atom is -0.365 e. The van der Waals surface area contributed by atoms with Crippen molar-refractivity contribution in [2.75, 3.05) is 11.9 Å². The highest BCUT2D eigenvalue weighted by Gasteiger charge is 2.39. The standard InChI is InChI=1S/C17H18ClIN4O2S/c1-17(2)6-22-15(25)12-10(13(17)20)11(14(21)24)16(26-12)23-9-4-3-7(19)5-8(9)18/h3-5,13,23H,6,20H2,1-2H3,(H2,21,24)(H,22,25). The Hall–Kier alpha value is -1.36. The Balaban J connectivity index is 2.16. The molecule has 0 fully saturated rings. The summed E-state index contributed by atoms with van der Waals surface area (Å²) < 4.78 is 0.985. The van der Waals surface area contributed by atoms with E-state index in [1.54, 1.807) is 6.07 Å². The van der Waals surface area contributed by atoms with Crippen LogP contribution in [0.1, 0.15) is 45.5 Å². The number of anilines is 2. The van der Waals surface area contributed by atoms with Crippen molar-refractivity contribution in [2.45, 2.75) is 19.9 Å². The zero-order valence-corrected chi connectivity index (χ0v) is 17.9. The fourth-order valence-electron chi connectivity index (χ4n) is 2.84. The maximum absolute atomic E-state index is 12.5. The highest BCUT2D eigenvalue weighted by Crippen LogP contribution is 2.45. The van der Waals surface area contributed by atoms with Gasteiger partial charge in [0.1, 0.15) is 5.00 Å². The molecule has 0 saturated heterocycles. The lowest BCUT2D eigenvalue weighted by Crippen LogP contribution is -2.37. The number of amides is 2. The van der Waals surface area contributed by atoms with Crippen LogP contribution >= 0.6 is 45.5 Å². The number of hydrogen-bond acceptors (Lipinski definition) is 5. The third kappa shape index (κ3) is 3.42. The maximum atomic E-state index is 12.5. The molecule has 1 aromatic heterocycles. The topological polar surface area (TPSA) is 110 Å². The largest absolute Gasteiger partial charge is 0.365 e. The molecule has 1 aromatic carbocycles. The van der Waals surface area contributed by atoms with Crippen LogP contribution in [-0.2, 0) is 0 Å². The van der Waals surface area contributed by atoms with Gasteiger partial charge in [-0.05, 0) is 40.8 Å². The van der Waals surface area contributed by atoms with Crippen molar-refractivity contribution < 1.29 is 9.59 Å². The first-order valence-electron chi connectivity index (χ1n) is 7.84. The number of fused-ring (bicyclic) bond motifs is 1. The summed E-state index contributed by atoms with van der Waals surface area (Å²) in [5.41, 5.74) is 13.0. The monoisotopic (exact) mass is 504 g/mol. The van der Waals surface area contributed by atoms with Crippen molar-refractivity contribution >= 4 is 68.0 Å². The minimum absolute atomic E-state index is 0.247. The van der Waals surface area contributed by atoms with Gasteiger partial charge in [0, 0.05) is 27.1 Å². The first-order chi connectivity index (χ1) is 12.1. The van der Waals surface area contributed by atoms with E-state index in [1.165, 1.54) is 0 Å². The van der Waals surface area contributed by atoms with E-state index in [-0.39, 0.29) is 11.5 Å². The van der Waals surface area contributed by atoms with Gasteiger partial charge in [0.2, 0.25) is 0 Å². The van der Waals surface area contributed by atoms with Crippen LogP contribution in [-0.4, -0.2) is 18.4 Å². The second-order valence-corrected chi connectivity index (χ2v) is 9.48. The zero-order chi connectivity index (χ0) is 19.2. The Morgan fingerprint density at radius 3 is 2.77 bits per heavy atom. The highest BCUT2D eigenvalue weighted by molar-refractivity contribution is 14.1. The highest BCUT2D eigenvalue weighted by atomic mass is 127. The van der Waals surface area contributed by atoms with Crippen LogP contribution in [0.15, 0.2) is 18.2 Å². The second-order valence-electron chi connectivity index (χ2n) is 6.81. The molecule has 138 valence electrons. The van der Waals surface area contributed by atoms with Gasteiger partial charge in [-0.25, -0.2) is 0 Å². The van der Waals surface area contributed by atoms with Crippen LogP contribution in [0.4, 0.5) is 10.7 Å². The SMILES string of the molecule is CC1(C)CNC(=O)c2sc(Nc3ccc(I)cc3Cl)c(C(N)=O)c2C1N. The Morgan fingerprint density at radius 1 is 1.46 bits per heavy atom. The number of carbonyl (C=O) groups excluding carboxylic acids is 2.